The number of nitrogens with zero attached hydrogens (tertiary/aromatic N) is 3. The van der Waals surface area contributed by atoms with E-state index in [2.05, 4.69) is 28.3 Å². The zero-order chi connectivity index (χ0) is 25.4. The molecule has 0 saturated carbocycles. The minimum atomic E-state index is 0.0983. The van der Waals surface area contributed by atoms with Gasteiger partial charge in [-0.15, -0.1) is 0 Å². The molecular formula is C28H30N4O5. The molecule has 2 fully saturated rings. The summed E-state index contributed by atoms with van der Waals surface area (Å²) in [5.74, 6) is 2.28. The number of hydrogen-bond acceptors (Lipinski definition) is 8. The van der Waals surface area contributed by atoms with Gasteiger partial charge in [-0.2, -0.15) is 0 Å². The number of nitrogens with one attached hydrogen (secondary N) is 1. The first kappa shape index (κ1) is 23.5. The van der Waals surface area contributed by atoms with Gasteiger partial charge in [0.15, 0.2) is 11.5 Å². The van der Waals surface area contributed by atoms with Gasteiger partial charge in [0, 0.05) is 42.6 Å². The van der Waals surface area contributed by atoms with Crippen LogP contribution in [-0.2, 0) is 16.0 Å². The number of carbonyl (C=O) groups excluding carboxylic acids is 1. The molecule has 1 aromatic heterocycles. The van der Waals surface area contributed by atoms with Crippen molar-refractivity contribution in [1.82, 2.24) is 14.9 Å². The van der Waals surface area contributed by atoms with Gasteiger partial charge in [0.05, 0.1) is 37.6 Å². The molecule has 9 heteroatoms. The van der Waals surface area contributed by atoms with E-state index in [9.17, 15) is 4.79 Å². The maximum atomic E-state index is 12.6. The monoisotopic (exact) mass is 502 g/mol. The highest BCUT2D eigenvalue weighted by Gasteiger charge is 2.47. The fourth-order valence-electron chi connectivity index (χ4n) is 5.20. The van der Waals surface area contributed by atoms with Crippen LogP contribution in [0.1, 0.15) is 25.3 Å². The van der Waals surface area contributed by atoms with Crippen molar-refractivity contribution in [2.75, 3.05) is 45.3 Å². The Morgan fingerprint density at radius 1 is 1.19 bits per heavy atom. The van der Waals surface area contributed by atoms with Crippen LogP contribution in [0.3, 0.4) is 0 Å². The van der Waals surface area contributed by atoms with Crippen molar-refractivity contribution in [2.45, 2.75) is 26.2 Å². The Morgan fingerprint density at radius 2 is 2.08 bits per heavy atom. The van der Waals surface area contributed by atoms with Crippen molar-refractivity contribution in [3.63, 3.8) is 0 Å². The summed E-state index contributed by atoms with van der Waals surface area (Å²) in [4.78, 5) is 23.2. The van der Waals surface area contributed by atoms with E-state index in [-0.39, 0.29) is 17.9 Å². The van der Waals surface area contributed by atoms with E-state index in [0.717, 1.165) is 56.1 Å². The fraction of sp³-hybridized carbons (Fsp3) is 0.393. The summed E-state index contributed by atoms with van der Waals surface area (Å²) in [6.45, 7) is 5.42. The molecule has 1 N–H and O–H groups in total. The Labute approximate surface area is 215 Å². The third-order valence-electron chi connectivity index (χ3n) is 7.30. The number of hydrogen-bond donors (Lipinski definition) is 1. The summed E-state index contributed by atoms with van der Waals surface area (Å²) in [6.07, 6.45) is 5.81. The van der Waals surface area contributed by atoms with Crippen LogP contribution in [0, 0.1) is 5.41 Å². The number of aromatic nitrogens is 2. The lowest BCUT2D eigenvalue weighted by atomic mass is 9.79. The zero-order valence-corrected chi connectivity index (χ0v) is 21.1. The fourth-order valence-corrected chi connectivity index (χ4v) is 5.20. The van der Waals surface area contributed by atoms with Crippen LogP contribution in [0.25, 0.3) is 10.9 Å². The molecule has 0 aliphatic carbocycles. The van der Waals surface area contributed by atoms with E-state index < -0.39 is 0 Å². The van der Waals surface area contributed by atoms with Crippen molar-refractivity contribution in [3.8, 4) is 23.1 Å². The van der Waals surface area contributed by atoms with Gasteiger partial charge in [-0.3, -0.25) is 4.79 Å². The van der Waals surface area contributed by atoms with Gasteiger partial charge in [-0.05, 0) is 49.6 Å². The smallest absolute Gasteiger partial charge is 0.230 e. The second-order valence-electron chi connectivity index (χ2n) is 9.99. The van der Waals surface area contributed by atoms with E-state index in [1.54, 1.807) is 13.2 Å². The Kier molecular flexibility index (Phi) is 6.08. The summed E-state index contributed by atoms with van der Waals surface area (Å²) in [5, 5.41) is 4.08. The molecule has 3 aliphatic heterocycles. The summed E-state index contributed by atoms with van der Waals surface area (Å²) >= 11 is 0. The summed E-state index contributed by atoms with van der Waals surface area (Å²) in [7, 11) is 1.58. The number of likely N-dealkylation sites (tertiary alicyclic amines) is 1. The Balaban J connectivity index is 1.14. The highest BCUT2D eigenvalue weighted by Crippen LogP contribution is 2.39. The predicted octanol–water partition coefficient (Wildman–Crippen LogP) is 4.32. The number of benzene rings is 2. The van der Waals surface area contributed by atoms with Crippen LogP contribution in [-0.4, -0.2) is 60.8 Å². The maximum Gasteiger partial charge on any atom is 0.230 e. The molecule has 3 aliphatic rings. The number of fused-ring (bicyclic) bond motifs is 2. The molecule has 4 heterocycles. The first-order chi connectivity index (χ1) is 18.0. The number of rotatable bonds is 7. The van der Waals surface area contributed by atoms with Crippen LogP contribution in [0.15, 0.2) is 48.4 Å². The van der Waals surface area contributed by atoms with Gasteiger partial charge in [0.25, 0.3) is 0 Å². The molecule has 1 spiro atoms. The summed E-state index contributed by atoms with van der Waals surface area (Å²) in [5.41, 5.74) is 4.24. The molecule has 2 aromatic carbocycles. The molecule has 2 saturated heterocycles. The van der Waals surface area contributed by atoms with E-state index in [1.165, 1.54) is 6.33 Å². The van der Waals surface area contributed by atoms with Crippen LogP contribution >= 0.6 is 0 Å². The molecule has 6 rings (SSSR count). The lowest BCUT2D eigenvalue weighted by Gasteiger charge is -2.47. The average Bonchev–Trinajstić information content (AvgIpc) is 3.38. The molecular weight excluding hydrogens is 472 g/mol. The minimum Gasteiger partial charge on any atom is -0.493 e. The van der Waals surface area contributed by atoms with Gasteiger partial charge in [0.1, 0.15) is 12.1 Å². The first-order valence-electron chi connectivity index (χ1n) is 12.6. The van der Waals surface area contributed by atoms with Crippen LogP contribution < -0.4 is 19.5 Å². The van der Waals surface area contributed by atoms with Gasteiger partial charge < -0.3 is 29.2 Å². The standard InChI is InChI=1S/C28H30N4O5/c1-18-3-4-19-11-20(5-6-22(19)31-18)37-27-21-12-24(34-2)25(13-23(21)29-17-30-27)36-9-7-26(33)32-14-28(15-32)8-10-35-16-28/h3,5-6,11-13,17,31H,4,7-10,14-16H2,1-2H3. The van der Waals surface area contributed by atoms with Gasteiger partial charge >= 0.3 is 0 Å². The third kappa shape index (κ3) is 4.67. The van der Waals surface area contributed by atoms with Crippen molar-refractivity contribution in [3.05, 3.63) is 54.0 Å². The first-order valence-corrected chi connectivity index (χ1v) is 12.6. The number of carbonyl (C=O) groups is 1. The van der Waals surface area contributed by atoms with Crippen molar-refractivity contribution >= 4 is 22.5 Å². The molecule has 192 valence electrons. The normalized spacial score (nSPS) is 17.6. The second-order valence-corrected chi connectivity index (χ2v) is 9.99. The quantitative estimate of drug-likeness (QED) is 0.511. The zero-order valence-electron chi connectivity index (χ0n) is 21.1. The number of ether oxygens (including phenoxy) is 4. The lowest BCUT2D eigenvalue weighted by molar-refractivity contribution is -0.143. The summed E-state index contributed by atoms with van der Waals surface area (Å²) < 4.78 is 23.2. The third-order valence-corrected chi connectivity index (χ3v) is 7.30. The van der Waals surface area contributed by atoms with Gasteiger partial charge in [-0.25, -0.2) is 9.97 Å². The SMILES string of the molecule is COc1cc2c(Oc3ccc4c(c3)CC=C(C)N4)ncnc2cc1OCCC(=O)N1CC2(CCOC2)C1. The van der Waals surface area contributed by atoms with Crippen molar-refractivity contribution < 1.29 is 23.7 Å². The number of allylic oxidation sites excluding steroid dienone is 2. The Bertz CT molecular complexity index is 1370. The minimum absolute atomic E-state index is 0.0983. The van der Waals surface area contributed by atoms with Crippen LogP contribution in [0.2, 0.25) is 0 Å². The number of anilines is 1. The molecule has 9 nitrogen and oxygen atoms in total. The van der Waals surface area contributed by atoms with Gasteiger partial charge in [0.2, 0.25) is 11.8 Å². The molecule has 0 unspecified atom stereocenters. The topological polar surface area (TPSA) is 95.0 Å². The second kappa shape index (κ2) is 9.55. The average molecular weight is 503 g/mol. The highest BCUT2D eigenvalue weighted by atomic mass is 16.5. The molecule has 1 amide bonds. The Hall–Kier alpha value is -3.85. The largest absolute Gasteiger partial charge is 0.493 e. The van der Waals surface area contributed by atoms with Crippen LogP contribution in [0.5, 0.6) is 23.1 Å². The molecule has 0 atom stereocenters. The molecule has 0 bridgehead atoms. The summed E-state index contributed by atoms with van der Waals surface area (Å²) in [6, 6.07) is 9.56. The highest BCUT2D eigenvalue weighted by molar-refractivity contribution is 5.87. The number of methoxy groups -OCH3 is 1. The predicted molar refractivity (Wildman–Crippen MR) is 138 cm³/mol. The van der Waals surface area contributed by atoms with Crippen molar-refractivity contribution in [2.24, 2.45) is 5.41 Å². The van der Waals surface area contributed by atoms with E-state index in [1.807, 2.05) is 29.2 Å². The van der Waals surface area contributed by atoms with E-state index in [4.69, 9.17) is 18.9 Å². The van der Waals surface area contributed by atoms with E-state index in [0.29, 0.717) is 40.5 Å². The maximum absolute atomic E-state index is 12.6. The van der Waals surface area contributed by atoms with E-state index >= 15 is 0 Å². The Morgan fingerprint density at radius 3 is 2.89 bits per heavy atom. The molecule has 3 aromatic rings. The van der Waals surface area contributed by atoms with Crippen LogP contribution in [0.4, 0.5) is 5.69 Å². The van der Waals surface area contributed by atoms with Crippen molar-refractivity contribution in [1.29, 1.82) is 0 Å². The molecule has 37 heavy (non-hydrogen) atoms. The lowest BCUT2D eigenvalue weighted by Crippen LogP contribution is -2.58. The number of amides is 1. The van der Waals surface area contributed by atoms with Gasteiger partial charge in [-0.1, -0.05) is 6.08 Å². The molecule has 0 radical (unpaired) electrons.